The van der Waals surface area contributed by atoms with Crippen LogP contribution < -0.4 is 5.32 Å². The molecule has 8 nitrogen and oxygen atoms in total. The van der Waals surface area contributed by atoms with Crippen molar-refractivity contribution in [1.29, 1.82) is 0 Å². The van der Waals surface area contributed by atoms with Crippen LogP contribution >= 0.6 is 0 Å². The van der Waals surface area contributed by atoms with E-state index in [-0.39, 0.29) is 18.6 Å². The number of esters is 1. The van der Waals surface area contributed by atoms with Gasteiger partial charge in [0.05, 0.1) is 0 Å². The first-order chi connectivity index (χ1) is 16.6. The maximum atomic E-state index is 12.4. The van der Waals surface area contributed by atoms with Gasteiger partial charge in [-0.2, -0.15) is 0 Å². The van der Waals surface area contributed by atoms with Crippen LogP contribution in [0, 0.1) is 0 Å². The lowest BCUT2D eigenvalue weighted by molar-refractivity contribution is -0.455. The minimum absolute atomic E-state index is 0.0415. The van der Waals surface area contributed by atoms with E-state index in [1.54, 1.807) is 0 Å². The lowest BCUT2D eigenvalue weighted by Gasteiger charge is -2.30. The number of carbonyl (C=O) groups excluding carboxylic acids is 1. The number of carbonyl (C=O) groups is 1. The van der Waals surface area contributed by atoms with E-state index in [2.05, 4.69) is 19.2 Å². The Morgan fingerprint density at radius 3 is 1.57 bits per heavy atom. The van der Waals surface area contributed by atoms with E-state index >= 15 is 0 Å². The Kier molecular flexibility index (Phi) is 20.9. The van der Waals surface area contributed by atoms with E-state index < -0.39 is 11.9 Å². The van der Waals surface area contributed by atoms with Crippen molar-refractivity contribution in [2.75, 3.05) is 6.54 Å². The van der Waals surface area contributed by atoms with Gasteiger partial charge < -0.3 is 30.3 Å². The molecule has 0 aromatic rings. The van der Waals surface area contributed by atoms with Gasteiger partial charge in [0.2, 0.25) is 0 Å². The van der Waals surface area contributed by atoms with Crippen molar-refractivity contribution in [3.8, 4) is 0 Å². The zero-order valence-corrected chi connectivity index (χ0v) is 22.5. The van der Waals surface area contributed by atoms with Crippen LogP contribution in [0.2, 0.25) is 0 Å². The van der Waals surface area contributed by atoms with Crippen LogP contribution in [0.25, 0.3) is 0 Å². The molecule has 0 atom stereocenters. The van der Waals surface area contributed by atoms with E-state index in [9.17, 15) is 15.0 Å². The van der Waals surface area contributed by atoms with Crippen molar-refractivity contribution in [3.05, 3.63) is 0 Å². The largest absolute Gasteiger partial charge is 0.462 e. The third kappa shape index (κ3) is 20.0. The molecule has 6 N–H and O–H groups in total. The van der Waals surface area contributed by atoms with E-state index in [1.165, 1.54) is 64.2 Å². The Morgan fingerprint density at radius 1 is 0.657 bits per heavy atom. The molecule has 0 unspecified atom stereocenters. The minimum Gasteiger partial charge on any atom is -0.462 e. The van der Waals surface area contributed by atoms with Crippen LogP contribution in [-0.4, -0.2) is 56.0 Å². The third-order valence-corrected chi connectivity index (χ3v) is 6.45. The summed E-state index contributed by atoms with van der Waals surface area (Å²) < 4.78 is 5.84. The molecule has 0 fully saturated rings. The molecule has 8 heteroatoms. The molecule has 0 aromatic heterocycles. The molecule has 0 saturated heterocycles. The summed E-state index contributed by atoms with van der Waals surface area (Å²) >= 11 is 0. The molecule has 0 heterocycles. The summed E-state index contributed by atoms with van der Waals surface area (Å²) in [4.78, 5) is 12.4. The Hall–Kier alpha value is -0.770. The zero-order valence-electron chi connectivity index (χ0n) is 22.5. The smallest absolute Gasteiger partial charge is 0.348 e. The number of rotatable bonds is 25. The molecule has 0 bridgehead atoms. The fourth-order valence-corrected chi connectivity index (χ4v) is 4.12. The first kappa shape index (κ1) is 34.2. The number of hydrogen-bond donors (Lipinski definition) is 6. The number of ether oxygens (including phenoxy) is 1. The molecule has 0 aliphatic heterocycles. The van der Waals surface area contributed by atoms with Gasteiger partial charge in [-0.1, -0.05) is 97.3 Å². The molecule has 210 valence electrons. The van der Waals surface area contributed by atoms with Crippen molar-refractivity contribution in [1.82, 2.24) is 5.32 Å². The van der Waals surface area contributed by atoms with Crippen LogP contribution in [0.5, 0.6) is 0 Å². The molecule has 35 heavy (non-hydrogen) atoms. The summed E-state index contributed by atoms with van der Waals surface area (Å²) in [5, 5.41) is 47.1. The fourth-order valence-electron chi connectivity index (χ4n) is 4.12. The average Bonchev–Trinajstić information content (AvgIpc) is 2.79. The molecule has 0 aromatic carbocycles. The van der Waals surface area contributed by atoms with E-state index in [4.69, 9.17) is 20.1 Å². The van der Waals surface area contributed by atoms with Crippen LogP contribution in [0.1, 0.15) is 142 Å². The summed E-state index contributed by atoms with van der Waals surface area (Å²) in [6.45, 7) is 4.54. The quantitative estimate of drug-likeness (QED) is 0.0601. The fraction of sp³-hybridized carbons (Fsp3) is 0.963. The lowest BCUT2D eigenvalue weighted by atomic mass is 10.0. The van der Waals surface area contributed by atoms with Crippen molar-refractivity contribution < 1.29 is 35.1 Å². The normalized spacial score (nSPS) is 12.5. The molecule has 0 rings (SSSR count). The monoisotopic (exact) mass is 505 g/mol. The lowest BCUT2D eigenvalue weighted by Crippen LogP contribution is -2.63. The van der Waals surface area contributed by atoms with Crippen molar-refractivity contribution in [3.63, 3.8) is 0 Å². The predicted octanol–water partition coefficient (Wildman–Crippen LogP) is 4.60. The van der Waals surface area contributed by atoms with Crippen molar-refractivity contribution in [2.45, 2.75) is 160 Å². The third-order valence-electron chi connectivity index (χ3n) is 6.45. The highest BCUT2D eigenvalue weighted by molar-refractivity contribution is 5.69. The number of hydrogen-bond acceptors (Lipinski definition) is 8. The van der Waals surface area contributed by atoms with Gasteiger partial charge in [0, 0.05) is 13.0 Å². The predicted molar refractivity (Wildman–Crippen MR) is 138 cm³/mol. The van der Waals surface area contributed by atoms with Gasteiger partial charge in [0.15, 0.2) is 0 Å². The zero-order chi connectivity index (χ0) is 26.4. The van der Waals surface area contributed by atoms with E-state index in [0.29, 0.717) is 12.8 Å². The second kappa shape index (κ2) is 21.3. The number of unbranched alkanes of at least 4 members (excludes halogenated alkanes) is 14. The van der Waals surface area contributed by atoms with Gasteiger partial charge in [-0.3, -0.25) is 10.1 Å². The van der Waals surface area contributed by atoms with E-state index in [1.807, 2.05) is 0 Å². The van der Waals surface area contributed by atoms with Gasteiger partial charge >= 0.3 is 17.9 Å². The molecular formula is C27H55NO7. The topological polar surface area (TPSA) is 139 Å². The second-order valence-electron chi connectivity index (χ2n) is 9.98. The first-order valence-electron chi connectivity index (χ1n) is 14.2. The molecular weight excluding hydrogens is 450 g/mol. The maximum Gasteiger partial charge on any atom is 0.348 e. The minimum atomic E-state index is -3.63. The summed E-state index contributed by atoms with van der Waals surface area (Å²) in [6.07, 6.45) is 21.1. The molecule has 0 aliphatic carbocycles. The highest BCUT2D eigenvalue weighted by atomic mass is 16.7. The van der Waals surface area contributed by atoms with Crippen molar-refractivity contribution in [2.24, 2.45) is 0 Å². The maximum absolute atomic E-state index is 12.4. The Balaban J connectivity index is 4.06. The van der Waals surface area contributed by atoms with Crippen molar-refractivity contribution >= 4 is 5.97 Å². The van der Waals surface area contributed by atoms with Gasteiger partial charge in [0.1, 0.15) is 6.10 Å². The highest BCUT2D eigenvalue weighted by Crippen LogP contribution is 2.18. The standard InChI is InChI=1S/C27H55NO7/c1-3-5-7-9-12-16-20-24(21-17-13-10-8-6-4-2)35-25(29)22-18-14-11-15-19-23-28-26(30,31)27(32,33)34/h24,28,30-34H,3-23H2,1-2H3. The SMILES string of the molecule is CCCCCCCCC(CCCCCCCC)OC(=O)CCCCCCCNC(O)(O)C(O)(O)O. The molecule has 0 spiro atoms. The first-order valence-corrected chi connectivity index (χ1v) is 14.2. The molecule has 0 radical (unpaired) electrons. The van der Waals surface area contributed by atoms with Gasteiger partial charge in [-0.15, -0.1) is 0 Å². The van der Waals surface area contributed by atoms with Crippen LogP contribution in [-0.2, 0) is 9.53 Å². The molecule has 0 amide bonds. The summed E-state index contributed by atoms with van der Waals surface area (Å²) in [5.41, 5.74) is 0. The van der Waals surface area contributed by atoms with E-state index in [0.717, 1.165) is 51.4 Å². The number of nitrogens with one attached hydrogen (secondary N) is 1. The highest BCUT2D eigenvalue weighted by Gasteiger charge is 2.46. The summed E-state index contributed by atoms with van der Waals surface area (Å²) in [6, 6.07) is 0. The average molecular weight is 506 g/mol. The second-order valence-corrected chi connectivity index (χ2v) is 9.98. The summed E-state index contributed by atoms with van der Waals surface area (Å²) in [7, 11) is 0. The van der Waals surface area contributed by atoms with Gasteiger partial charge in [-0.25, -0.2) is 0 Å². The van der Waals surface area contributed by atoms with Crippen LogP contribution in [0.15, 0.2) is 0 Å². The Labute approximate surface area is 213 Å². The van der Waals surface area contributed by atoms with Gasteiger partial charge in [0.25, 0.3) is 0 Å². The molecule has 0 saturated carbocycles. The Bertz CT molecular complexity index is 478. The van der Waals surface area contributed by atoms with Crippen LogP contribution in [0.3, 0.4) is 0 Å². The molecule has 0 aliphatic rings. The summed E-state index contributed by atoms with van der Waals surface area (Å²) in [5.74, 6) is -6.92. The van der Waals surface area contributed by atoms with Gasteiger partial charge in [-0.05, 0) is 38.5 Å². The Morgan fingerprint density at radius 2 is 1.09 bits per heavy atom. The van der Waals surface area contributed by atoms with Crippen LogP contribution in [0.4, 0.5) is 0 Å². The number of aliphatic hydroxyl groups is 5.